The number of nitrogens with zero attached hydrogens (tertiary/aromatic N) is 4. The highest BCUT2D eigenvalue weighted by atomic mass is 19.1. The Morgan fingerprint density at radius 1 is 0.900 bits per heavy atom. The molecule has 160 valence electrons. The van der Waals surface area contributed by atoms with Crippen LogP contribution in [0.15, 0.2) is 42.6 Å². The Morgan fingerprint density at radius 3 is 2.30 bits per heavy atom. The average Bonchev–Trinajstić information content (AvgIpc) is 3.08. The van der Waals surface area contributed by atoms with Crippen molar-refractivity contribution in [1.82, 2.24) is 15.2 Å². The molecule has 0 unspecified atom stereocenters. The quantitative estimate of drug-likeness (QED) is 0.835. The van der Waals surface area contributed by atoms with Crippen molar-refractivity contribution < 1.29 is 9.18 Å². The van der Waals surface area contributed by atoms with Gasteiger partial charge in [0.2, 0.25) is 0 Å². The molecule has 0 spiro atoms. The Labute approximate surface area is 177 Å². The van der Waals surface area contributed by atoms with Crippen molar-refractivity contribution in [3.63, 3.8) is 0 Å². The van der Waals surface area contributed by atoms with Crippen molar-refractivity contribution in [3.8, 4) is 0 Å². The lowest BCUT2D eigenvalue weighted by atomic mass is 10.2. The zero-order chi connectivity index (χ0) is 20.8. The van der Waals surface area contributed by atoms with Crippen LogP contribution in [0, 0.1) is 5.82 Å². The molecule has 2 aliphatic heterocycles. The minimum absolute atomic E-state index is 0.0399. The second kappa shape index (κ2) is 9.78. The van der Waals surface area contributed by atoms with E-state index in [1.807, 2.05) is 17.2 Å². The van der Waals surface area contributed by atoms with Gasteiger partial charge in [0.1, 0.15) is 11.6 Å². The van der Waals surface area contributed by atoms with Gasteiger partial charge in [0.15, 0.2) is 0 Å². The van der Waals surface area contributed by atoms with Crippen molar-refractivity contribution in [2.45, 2.75) is 32.2 Å². The third-order valence-electron chi connectivity index (χ3n) is 5.94. The number of benzene rings is 1. The fourth-order valence-corrected chi connectivity index (χ4v) is 4.15. The molecular weight excluding hydrogens is 381 g/mol. The van der Waals surface area contributed by atoms with E-state index < -0.39 is 0 Å². The van der Waals surface area contributed by atoms with E-state index in [1.54, 1.807) is 12.1 Å². The van der Waals surface area contributed by atoms with Crippen LogP contribution in [0.25, 0.3) is 0 Å². The highest BCUT2D eigenvalue weighted by Crippen LogP contribution is 2.19. The summed E-state index contributed by atoms with van der Waals surface area (Å²) in [4.78, 5) is 23.5. The highest BCUT2D eigenvalue weighted by molar-refractivity contribution is 5.74. The molecule has 2 aromatic rings. The summed E-state index contributed by atoms with van der Waals surface area (Å²) in [5, 5.41) is 3.05. The number of carbonyl (C=O) groups excluding carboxylic acids is 1. The zero-order valence-corrected chi connectivity index (χ0v) is 17.4. The van der Waals surface area contributed by atoms with Crippen LogP contribution in [0.1, 0.15) is 31.2 Å². The first-order valence-corrected chi connectivity index (χ1v) is 10.9. The maximum Gasteiger partial charge on any atom is 0.317 e. The number of nitrogens with one attached hydrogen (secondary N) is 1. The molecule has 1 aromatic heterocycles. The number of amides is 2. The Bertz CT molecular complexity index is 828. The predicted molar refractivity (Wildman–Crippen MR) is 117 cm³/mol. The molecule has 1 N–H and O–H groups in total. The summed E-state index contributed by atoms with van der Waals surface area (Å²) in [5.41, 5.74) is 2.07. The first-order valence-electron chi connectivity index (χ1n) is 10.9. The summed E-state index contributed by atoms with van der Waals surface area (Å²) in [5.74, 6) is 0.781. The number of hydrogen-bond donors (Lipinski definition) is 1. The monoisotopic (exact) mass is 411 g/mol. The molecule has 0 atom stereocenters. The number of anilines is 2. The van der Waals surface area contributed by atoms with Crippen molar-refractivity contribution in [2.75, 3.05) is 49.1 Å². The SMILES string of the molecule is O=C(NCc1ccnc(N2CCCCCC2)c1)N1CCN(c2ccc(F)cc2)CC1. The Balaban J connectivity index is 1.27. The highest BCUT2D eigenvalue weighted by Gasteiger charge is 2.21. The number of urea groups is 1. The lowest BCUT2D eigenvalue weighted by Gasteiger charge is -2.36. The first kappa shape index (κ1) is 20.4. The number of carbonyl (C=O) groups is 1. The van der Waals surface area contributed by atoms with Gasteiger partial charge in [-0.15, -0.1) is 0 Å². The van der Waals surface area contributed by atoms with E-state index in [0.29, 0.717) is 19.6 Å². The lowest BCUT2D eigenvalue weighted by Crippen LogP contribution is -2.51. The summed E-state index contributed by atoms with van der Waals surface area (Å²) < 4.78 is 13.1. The molecule has 3 heterocycles. The molecule has 0 bridgehead atoms. The lowest BCUT2D eigenvalue weighted by molar-refractivity contribution is 0.194. The average molecular weight is 412 g/mol. The van der Waals surface area contributed by atoms with Gasteiger partial charge < -0.3 is 20.0 Å². The van der Waals surface area contributed by atoms with Gasteiger partial charge in [-0.2, -0.15) is 0 Å². The molecule has 2 saturated heterocycles. The summed E-state index contributed by atoms with van der Waals surface area (Å²) >= 11 is 0. The van der Waals surface area contributed by atoms with Crippen molar-refractivity contribution >= 4 is 17.5 Å². The van der Waals surface area contributed by atoms with E-state index in [0.717, 1.165) is 43.2 Å². The topological polar surface area (TPSA) is 51.7 Å². The summed E-state index contributed by atoms with van der Waals surface area (Å²) in [6, 6.07) is 10.5. The molecule has 7 heteroatoms. The van der Waals surface area contributed by atoms with E-state index in [-0.39, 0.29) is 11.8 Å². The molecule has 0 radical (unpaired) electrons. The van der Waals surface area contributed by atoms with Crippen LogP contribution >= 0.6 is 0 Å². The molecule has 30 heavy (non-hydrogen) atoms. The molecule has 4 rings (SSSR count). The Kier molecular flexibility index (Phi) is 6.67. The zero-order valence-electron chi connectivity index (χ0n) is 17.4. The predicted octanol–water partition coefficient (Wildman–Crippen LogP) is 3.63. The molecule has 0 saturated carbocycles. The van der Waals surface area contributed by atoms with Crippen LogP contribution in [-0.4, -0.2) is 55.2 Å². The minimum atomic E-state index is -0.230. The molecule has 6 nitrogen and oxygen atoms in total. The standard InChI is InChI=1S/C23H30FN5O/c24-20-5-7-21(8-6-20)27-13-15-29(16-14-27)23(30)26-18-19-9-10-25-22(17-19)28-11-3-1-2-4-12-28/h5-10,17H,1-4,11-16,18H2,(H,26,30). The second-order valence-corrected chi connectivity index (χ2v) is 8.03. The van der Waals surface area contributed by atoms with E-state index in [4.69, 9.17) is 0 Å². The molecule has 1 aromatic carbocycles. The van der Waals surface area contributed by atoms with Gasteiger partial charge in [-0.3, -0.25) is 0 Å². The summed E-state index contributed by atoms with van der Waals surface area (Å²) in [6.07, 6.45) is 6.85. The Hall–Kier alpha value is -2.83. The van der Waals surface area contributed by atoms with Gasteiger partial charge in [0.05, 0.1) is 0 Å². The van der Waals surface area contributed by atoms with E-state index >= 15 is 0 Å². The van der Waals surface area contributed by atoms with Crippen molar-refractivity contribution in [3.05, 3.63) is 54.0 Å². The van der Waals surface area contributed by atoms with Crippen LogP contribution in [0.5, 0.6) is 0 Å². The third kappa shape index (κ3) is 5.20. The molecule has 0 aliphatic carbocycles. The minimum Gasteiger partial charge on any atom is -0.368 e. The maximum absolute atomic E-state index is 13.1. The molecule has 2 aliphatic rings. The van der Waals surface area contributed by atoms with Crippen LogP contribution in [0.4, 0.5) is 20.7 Å². The number of hydrogen-bond acceptors (Lipinski definition) is 4. The molecule has 2 fully saturated rings. The second-order valence-electron chi connectivity index (χ2n) is 8.03. The number of halogens is 1. The van der Waals surface area contributed by atoms with Gasteiger partial charge in [-0.05, 0) is 54.8 Å². The van der Waals surface area contributed by atoms with Gasteiger partial charge in [0.25, 0.3) is 0 Å². The van der Waals surface area contributed by atoms with Gasteiger partial charge >= 0.3 is 6.03 Å². The fourth-order valence-electron chi connectivity index (χ4n) is 4.15. The molecule has 2 amide bonds. The van der Waals surface area contributed by atoms with Crippen LogP contribution in [0.2, 0.25) is 0 Å². The van der Waals surface area contributed by atoms with Gasteiger partial charge in [0, 0.05) is 57.7 Å². The van der Waals surface area contributed by atoms with Crippen LogP contribution in [0.3, 0.4) is 0 Å². The normalized spacial score (nSPS) is 17.6. The number of rotatable bonds is 4. The first-order chi connectivity index (χ1) is 14.7. The summed E-state index contributed by atoms with van der Waals surface area (Å²) in [6.45, 7) is 5.40. The molecular formula is C23H30FN5O. The van der Waals surface area contributed by atoms with E-state index in [2.05, 4.69) is 26.2 Å². The van der Waals surface area contributed by atoms with E-state index in [1.165, 1.54) is 37.8 Å². The largest absolute Gasteiger partial charge is 0.368 e. The number of pyridine rings is 1. The van der Waals surface area contributed by atoms with Gasteiger partial charge in [-0.1, -0.05) is 12.8 Å². The smallest absolute Gasteiger partial charge is 0.317 e. The Morgan fingerprint density at radius 2 is 1.60 bits per heavy atom. The third-order valence-corrected chi connectivity index (χ3v) is 5.94. The van der Waals surface area contributed by atoms with Crippen molar-refractivity contribution in [2.24, 2.45) is 0 Å². The van der Waals surface area contributed by atoms with Gasteiger partial charge in [-0.25, -0.2) is 14.2 Å². The van der Waals surface area contributed by atoms with E-state index in [9.17, 15) is 9.18 Å². The van der Waals surface area contributed by atoms with Crippen molar-refractivity contribution in [1.29, 1.82) is 0 Å². The maximum atomic E-state index is 13.1. The fraction of sp³-hybridized carbons (Fsp3) is 0.478. The van der Waals surface area contributed by atoms with Crippen LogP contribution < -0.4 is 15.1 Å². The van der Waals surface area contributed by atoms with Crippen LogP contribution in [-0.2, 0) is 6.54 Å². The number of piperazine rings is 1. The summed E-state index contributed by atoms with van der Waals surface area (Å²) in [7, 11) is 0. The number of aromatic nitrogens is 1.